The summed E-state index contributed by atoms with van der Waals surface area (Å²) >= 11 is 8.46. The van der Waals surface area contributed by atoms with Crippen LogP contribution in [0.15, 0.2) is 13.6 Å². The molecule has 0 saturated heterocycles. The van der Waals surface area contributed by atoms with Gasteiger partial charge in [0.15, 0.2) is 5.78 Å². The number of rotatable bonds is 2. The zero-order valence-electron chi connectivity index (χ0n) is 9.35. The largest absolute Gasteiger partial charge is 0.294 e. The minimum Gasteiger partial charge on any atom is -0.294 e. The van der Waals surface area contributed by atoms with Gasteiger partial charge < -0.3 is 0 Å². The second-order valence-electron chi connectivity index (χ2n) is 5.04. The fourth-order valence-corrected chi connectivity index (χ4v) is 5.33. The summed E-state index contributed by atoms with van der Waals surface area (Å²) in [6.45, 7) is 4.41. The van der Waals surface area contributed by atoms with Crippen molar-refractivity contribution in [2.75, 3.05) is 0 Å². The van der Waals surface area contributed by atoms with E-state index in [9.17, 15) is 4.79 Å². The zero-order valence-corrected chi connectivity index (χ0v) is 13.3. The van der Waals surface area contributed by atoms with Crippen molar-refractivity contribution in [3.63, 3.8) is 0 Å². The molecule has 0 aromatic carbocycles. The summed E-state index contributed by atoms with van der Waals surface area (Å²) in [6, 6.07) is 1.94. The van der Waals surface area contributed by atoms with E-state index in [1.807, 2.05) is 6.07 Å². The van der Waals surface area contributed by atoms with Crippen molar-refractivity contribution in [1.82, 2.24) is 0 Å². The van der Waals surface area contributed by atoms with E-state index in [0.717, 1.165) is 26.0 Å². The van der Waals surface area contributed by atoms with Gasteiger partial charge in [-0.05, 0) is 56.2 Å². The molecule has 1 atom stereocenters. The molecule has 0 amide bonds. The Labute approximate surface area is 117 Å². The average molecular weight is 366 g/mol. The maximum atomic E-state index is 12.5. The van der Waals surface area contributed by atoms with Crippen LogP contribution < -0.4 is 0 Å². The van der Waals surface area contributed by atoms with Crippen molar-refractivity contribution in [2.24, 2.45) is 11.3 Å². The molecule has 88 valence electrons. The molecule has 1 heterocycles. The number of carbonyl (C=O) groups excluding carboxylic acids is 1. The van der Waals surface area contributed by atoms with Crippen molar-refractivity contribution < 1.29 is 4.79 Å². The Balaban J connectivity index is 2.29. The number of hydrogen-bond donors (Lipinski definition) is 0. The van der Waals surface area contributed by atoms with Gasteiger partial charge in [-0.3, -0.25) is 4.79 Å². The summed E-state index contributed by atoms with van der Waals surface area (Å²) < 4.78 is 1.96. The molecule has 2 rings (SSSR count). The summed E-state index contributed by atoms with van der Waals surface area (Å²) in [4.78, 5) is 12.5. The van der Waals surface area contributed by atoms with Gasteiger partial charge in [-0.1, -0.05) is 20.3 Å². The minimum absolute atomic E-state index is 0.158. The van der Waals surface area contributed by atoms with Crippen LogP contribution in [0.3, 0.4) is 0 Å². The molecule has 1 aromatic rings. The summed E-state index contributed by atoms with van der Waals surface area (Å²) in [5.41, 5.74) is 1.00. The number of Topliss-reactive ketones (excluding diaryl/α,β-unsaturated/α-hetero) is 1. The maximum absolute atomic E-state index is 12.5. The second-order valence-corrected chi connectivity index (χ2v) is 8.78. The van der Waals surface area contributed by atoms with Crippen LogP contribution in [0.5, 0.6) is 0 Å². The molecule has 1 aliphatic carbocycles. The topological polar surface area (TPSA) is 17.1 Å². The van der Waals surface area contributed by atoms with Gasteiger partial charge in [-0.2, -0.15) is 0 Å². The standard InChI is InChI=1S/C12H14Br2OS/c1-12(2)5-3-4-8(12)10(15)7-6-9(13)16-11(7)14/h6,8H,3-5H2,1-2H3. The first-order valence-corrected chi connectivity index (χ1v) is 7.81. The van der Waals surface area contributed by atoms with Crippen molar-refractivity contribution >= 4 is 49.0 Å². The third kappa shape index (κ3) is 2.29. The Morgan fingerprint density at radius 2 is 2.19 bits per heavy atom. The lowest BCUT2D eigenvalue weighted by molar-refractivity contribution is 0.0839. The fourth-order valence-electron chi connectivity index (χ4n) is 2.51. The molecule has 0 N–H and O–H groups in total. The molecule has 1 saturated carbocycles. The van der Waals surface area contributed by atoms with Gasteiger partial charge >= 0.3 is 0 Å². The minimum atomic E-state index is 0.158. The van der Waals surface area contributed by atoms with E-state index in [4.69, 9.17) is 0 Å². The molecule has 0 radical (unpaired) electrons. The molecule has 1 aliphatic rings. The van der Waals surface area contributed by atoms with Gasteiger partial charge in [0.25, 0.3) is 0 Å². The Bertz CT molecular complexity index is 423. The molecule has 1 aromatic heterocycles. The summed E-state index contributed by atoms with van der Waals surface area (Å²) in [5.74, 6) is 0.488. The first-order valence-electron chi connectivity index (χ1n) is 5.41. The first kappa shape index (κ1) is 12.8. The summed E-state index contributed by atoms with van der Waals surface area (Å²) in [7, 11) is 0. The molecule has 0 spiro atoms. The quantitative estimate of drug-likeness (QED) is 0.651. The predicted molar refractivity (Wildman–Crippen MR) is 75.2 cm³/mol. The van der Waals surface area contributed by atoms with Crippen LogP contribution in [-0.2, 0) is 0 Å². The number of thiophene rings is 1. The lowest BCUT2D eigenvalue weighted by Crippen LogP contribution is -2.25. The van der Waals surface area contributed by atoms with Crippen molar-refractivity contribution in [3.8, 4) is 0 Å². The molecule has 4 heteroatoms. The molecule has 16 heavy (non-hydrogen) atoms. The van der Waals surface area contributed by atoms with E-state index in [1.165, 1.54) is 6.42 Å². The lowest BCUT2D eigenvalue weighted by Gasteiger charge is -2.25. The normalized spacial score (nSPS) is 23.6. The highest BCUT2D eigenvalue weighted by Crippen LogP contribution is 2.45. The van der Waals surface area contributed by atoms with E-state index < -0.39 is 0 Å². The van der Waals surface area contributed by atoms with Gasteiger partial charge in [-0.15, -0.1) is 11.3 Å². The smallest absolute Gasteiger partial charge is 0.168 e. The van der Waals surface area contributed by atoms with E-state index in [1.54, 1.807) is 11.3 Å². The zero-order chi connectivity index (χ0) is 11.9. The van der Waals surface area contributed by atoms with Gasteiger partial charge in [0, 0.05) is 11.5 Å². The molecule has 0 bridgehead atoms. The van der Waals surface area contributed by atoms with E-state index >= 15 is 0 Å². The Morgan fingerprint density at radius 3 is 2.62 bits per heavy atom. The van der Waals surface area contributed by atoms with Crippen LogP contribution in [0.2, 0.25) is 0 Å². The summed E-state index contributed by atoms with van der Waals surface area (Å²) in [5, 5.41) is 0. The fraction of sp³-hybridized carbons (Fsp3) is 0.583. The molecule has 1 nitrogen and oxygen atoms in total. The highest BCUT2D eigenvalue weighted by Gasteiger charge is 2.40. The van der Waals surface area contributed by atoms with E-state index in [2.05, 4.69) is 45.7 Å². The van der Waals surface area contributed by atoms with Gasteiger partial charge in [0.1, 0.15) is 0 Å². The SMILES string of the molecule is CC1(C)CCCC1C(=O)c1cc(Br)sc1Br. The molecular weight excluding hydrogens is 352 g/mol. The predicted octanol–water partition coefficient (Wildman–Crippen LogP) is 5.28. The Hall–Kier alpha value is 0.330. The average Bonchev–Trinajstić information content (AvgIpc) is 2.68. The number of hydrogen-bond acceptors (Lipinski definition) is 2. The third-order valence-corrected chi connectivity index (χ3v) is 5.84. The van der Waals surface area contributed by atoms with Gasteiger partial charge in [0.05, 0.1) is 7.57 Å². The maximum Gasteiger partial charge on any atom is 0.168 e. The molecule has 1 unspecified atom stereocenters. The van der Waals surface area contributed by atoms with Crippen LogP contribution >= 0.6 is 43.2 Å². The van der Waals surface area contributed by atoms with Crippen LogP contribution in [-0.4, -0.2) is 5.78 Å². The van der Waals surface area contributed by atoms with Crippen LogP contribution in [0, 0.1) is 11.3 Å². The number of halogens is 2. The molecule has 1 fully saturated rings. The Morgan fingerprint density at radius 1 is 1.50 bits per heavy atom. The van der Waals surface area contributed by atoms with Crippen molar-refractivity contribution in [1.29, 1.82) is 0 Å². The highest BCUT2D eigenvalue weighted by molar-refractivity contribution is 9.12. The van der Waals surface area contributed by atoms with Gasteiger partial charge in [0.2, 0.25) is 0 Å². The van der Waals surface area contributed by atoms with Crippen molar-refractivity contribution in [3.05, 3.63) is 19.2 Å². The van der Waals surface area contributed by atoms with Crippen LogP contribution in [0.1, 0.15) is 43.5 Å². The number of ketones is 1. The van der Waals surface area contributed by atoms with Crippen LogP contribution in [0.25, 0.3) is 0 Å². The molecular formula is C12H14Br2OS. The lowest BCUT2D eigenvalue weighted by atomic mass is 9.78. The molecule has 0 aliphatic heterocycles. The monoisotopic (exact) mass is 364 g/mol. The van der Waals surface area contributed by atoms with E-state index in [-0.39, 0.29) is 11.3 Å². The second kappa shape index (κ2) is 4.54. The van der Waals surface area contributed by atoms with Gasteiger partial charge in [-0.25, -0.2) is 0 Å². The first-order chi connectivity index (χ1) is 7.42. The third-order valence-electron chi connectivity index (χ3n) is 3.50. The van der Waals surface area contributed by atoms with Crippen LogP contribution in [0.4, 0.5) is 0 Å². The summed E-state index contributed by atoms with van der Waals surface area (Å²) in [6.07, 6.45) is 3.37. The number of carbonyl (C=O) groups is 1. The Kier molecular flexibility index (Phi) is 3.63. The highest BCUT2D eigenvalue weighted by atomic mass is 79.9. The van der Waals surface area contributed by atoms with E-state index in [0.29, 0.717) is 5.78 Å². The van der Waals surface area contributed by atoms with Crippen molar-refractivity contribution in [2.45, 2.75) is 33.1 Å².